The number of nitro groups is 1. The van der Waals surface area contributed by atoms with Crippen LogP contribution < -0.4 is 9.47 Å². The number of nitrogens with zero attached hydrogens (tertiary/aromatic N) is 1. The first kappa shape index (κ1) is 28.6. The van der Waals surface area contributed by atoms with Gasteiger partial charge in [-0.25, -0.2) is 18.0 Å². The summed E-state index contributed by atoms with van der Waals surface area (Å²) in [6.45, 7) is 0. The molecule has 0 saturated heterocycles. The predicted molar refractivity (Wildman–Crippen MR) is 160 cm³/mol. The molecule has 0 N–H and O–H groups in total. The molecule has 4 aromatic rings. The van der Waals surface area contributed by atoms with Gasteiger partial charge < -0.3 is 14.0 Å². The highest BCUT2D eigenvalue weighted by Gasteiger charge is 2.25. The topological polar surface area (TPSA) is 153 Å². The van der Waals surface area contributed by atoms with Gasteiger partial charge in [-0.1, -0.05) is 6.07 Å². The smallest absolute Gasteiger partial charge is 0.344 e. The summed E-state index contributed by atoms with van der Waals surface area (Å²) in [5, 5.41) is 11.6. The van der Waals surface area contributed by atoms with E-state index in [0.717, 1.165) is 9.64 Å². The van der Waals surface area contributed by atoms with Gasteiger partial charge in [0, 0.05) is 22.2 Å². The van der Waals surface area contributed by atoms with E-state index in [9.17, 15) is 32.7 Å². The molecule has 4 aromatic carbocycles. The van der Waals surface area contributed by atoms with Gasteiger partial charge in [0.1, 0.15) is 21.6 Å². The maximum atomic E-state index is 13.3. The molecule has 194 valence electrons. The number of halogens is 3. The van der Waals surface area contributed by atoms with Crippen molar-refractivity contribution >= 4 is 106 Å². The minimum atomic E-state index is -4.77. The molecule has 4 rings (SSSR count). The summed E-state index contributed by atoms with van der Waals surface area (Å²) in [7, 11) is -4.77. The Kier molecular flexibility index (Phi) is 8.55. The standard InChI is InChI=1S/C24H12I3NO9S/c25-12-4-6-13(7-5-12)36-24(30)17-8-9-20(28(31)32)15-2-1-3-16(21(15)17)23(29)37-14-10-18(26)22(19(27)11-14)38(33,34)35/h1-11H,(H,33,34,35)/p-1. The molecule has 38 heavy (non-hydrogen) atoms. The lowest BCUT2D eigenvalue weighted by Crippen LogP contribution is -2.14. The summed E-state index contributed by atoms with van der Waals surface area (Å²) in [4.78, 5) is 37.0. The molecule has 0 unspecified atom stereocenters. The molecule has 0 spiro atoms. The number of nitro benzene ring substituents is 1. The highest BCUT2D eigenvalue weighted by Crippen LogP contribution is 2.34. The Morgan fingerprint density at radius 1 is 0.789 bits per heavy atom. The fourth-order valence-corrected chi connectivity index (χ4v) is 7.84. The number of ether oxygens (including phenoxy) is 2. The van der Waals surface area contributed by atoms with Crippen LogP contribution in [0.4, 0.5) is 5.69 Å². The molecule has 0 amide bonds. The Labute approximate surface area is 256 Å². The first-order valence-electron chi connectivity index (χ1n) is 10.2. The molecule has 0 atom stereocenters. The van der Waals surface area contributed by atoms with Crippen LogP contribution in [0.3, 0.4) is 0 Å². The number of carbonyl (C=O) groups excluding carboxylic acids is 2. The minimum absolute atomic E-state index is 0.0125. The van der Waals surface area contributed by atoms with Gasteiger partial charge in [0.2, 0.25) is 0 Å². The second kappa shape index (κ2) is 11.4. The zero-order chi connectivity index (χ0) is 27.8. The van der Waals surface area contributed by atoms with E-state index < -0.39 is 31.9 Å². The normalized spacial score (nSPS) is 11.3. The molecule has 0 aliphatic carbocycles. The van der Waals surface area contributed by atoms with E-state index in [4.69, 9.17) is 9.47 Å². The van der Waals surface area contributed by atoms with Gasteiger partial charge in [0.15, 0.2) is 0 Å². The lowest BCUT2D eigenvalue weighted by Gasteiger charge is -2.14. The lowest BCUT2D eigenvalue weighted by atomic mass is 9.97. The summed E-state index contributed by atoms with van der Waals surface area (Å²) >= 11 is 5.37. The van der Waals surface area contributed by atoms with E-state index in [1.165, 1.54) is 36.4 Å². The Bertz CT molecular complexity index is 1720. The van der Waals surface area contributed by atoms with Crippen LogP contribution >= 0.6 is 67.8 Å². The van der Waals surface area contributed by atoms with Crippen LogP contribution in [0.2, 0.25) is 0 Å². The van der Waals surface area contributed by atoms with Crippen LogP contribution in [-0.4, -0.2) is 29.8 Å². The second-order valence-corrected chi connectivity index (χ2v) is 12.4. The number of hydrogen-bond donors (Lipinski definition) is 0. The van der Waals surface area contributed by atoms with E-state index in [2.05, 4.69) is 22.6 Å². The number of carbonyl (C=O) groups is 2. The zero-order valence-corrected chi connectivity index (χ0v) is 25.8. The summed E-state index contributed by atoms with van der Waals surface area (Å²) in [6.07, 6.45) is 0. The van der Waals surface area contributed by atoms with Crippen LogP contribution in [0.1, 0.15) is 20.7 Å². The molecule has 0 aliphatic rings. The first-order chi connectivity index (χ1) is 17.9. The number of rotatable bonds is 6. The molecule has 0 aliphatic heterocycles. The van der Waals surface area contributed by atoms with E-state index in [1.54, 1.807) is 69.4 Å². The van der Waals surface area contributed by atoms with Crippen molar-refractivity contribution < 1.29 is 37.0 Å². The van der Waals surface area contributed by atoms with E-state index in [-0.39, 0.29) is 46.2 Å². The van der Waals surface area contributed by atoms with Crippen molar-refractivity contribution in [1.29, 1.82) is 0 Å². The maximum Gasteiger partial charge on any atom is 0.344 e. The number of hydrogen-bond acceptors (Lipinski definition) is 9. The summed E-state index contributed by atoms with van der Waals surface area (Å²) < 4.78 is 46.5. The average Bonchev–Trinajstić information content (AvgIpc) is 2.82. The van der Waals surface area contributed by atoms with E-state index >= 15 is 0 Å². The number of non-ortho nitro benzene ring substituents is 1. The predicted octanol–water partition coefficient (Wildman–Crippen LogP) is 5.90. The van der Waals surface area contributed by atoms with Gasteiger partial charge in [-0.3, -0.25) is 10.1 Å². The van der Waals surface area contributed by atoms with Gasteiger partial charge in [-0.2, -0.15) is 0 Å². The minimum Gasteiger partial charge on any atom is -0.744 e. The van der Waals surface area contributed by atoms with Crippen LogP contribution in [0.5, 0.6) is 11.5 Å². The van der Waals surface area contributed by atoms with Crippen molar-refractivity contribution in [2.75, 3.05) is 0 Å². The largest absolute Gasteiger partial charge is 0.744 e. The molecule has 0 saturated carbocycles. The molecular formula is C24H11I3NO9S-. The van der Waals surface area contributed by atoms with Crippen molar-refractivity contribution in [1.82, 2.24) is 0 Å². The number of esters is 2. The fourth-order valence-electron chi connectivity index (χ4n) is 3.55. The van der Waals surface area contributed by atoms with Crippen molar-refractivity contribution in [2.45, 2.75) is 4.90 Å². The van der Waals surface area contributed by atoms with Gasteiger partial charge in [-0.15, -0.1) is 0 Å². The zero-order valence-electron chi connectivity index (χ0n) is 18.5. The summed E-state index contributed by atoms with van der Waals surface area (Å²) in [5.74, 6) is -1.65. The number of fused-ring (bicyclic) bond motifs is 1. The van der Waals surface area contributed by atoms with Crippen molar-refractivity contribution in [3.05, 3.63) is 98.7 Å². The van der Waals surface area contributed by atoms with Gasteiger partial charge >= 0.3 is 11.9 Å². The molecule has 14 heteroatoms. The van der Waals surface area contributed by atoms with Crippen LogP contribution in [0, 0.1) is 20.8 Å². The molecule has 0 aromatic heterocycles. The van der Waals surface area contributed by atoms with Crippen molar-refractivity contribution in [3.8, 4) is 11.5 Å². The summed E-state index contributed by atoms with van der Waals surface area (Å²) in [5.41, 5.74) is -0.602. The number of benzene rings is 4. The average molecular weight is 870 g/mol. The Morgan fingerprint density at radius 3 is 1.89 bits per heavy atom. The van der Waals surface area contributed by atoms with E-state index in [1.807, 2.05) is 0 Å². The third-order valence-electron chi connectivity index (χ3n) is 5.11. The quantitative estimate of drug-likeness (QED) is 0.0576. The molecule has 0 radical (unpaired) electrons. The van der Waals surface area contributed by atoms with Crippen LogP contribution in [0.25, 0.3) is 10.8 Å². The molecule has 0 heterocycles. The van der Waals surface area contributed by atoms with Gasteiger partial charge in [0.25, 0.3) is 5.69 Å². The lowest BCUT2D eigenvalue weighted by molar-refractivity contribution is -0.383. The third kappa shape index (κ3) is 6.08. The Morgan fingerprint density at radius 2 is 1.34 bits per heavy atom. The Hall–Kier alpha value is -2.42. The van der Waals surface area contributed by atoms with E-state index in [0.29, 0.717) is 0 Å². The SMILES string of the molecule is O=C(Oc1ccc(I)cc1)c1ccc([N+](=O)[O-])c2cccc(C(=O)Oc3cc(I)c(S(=O)(=O)[O-])c(I)c3)c12. The maximum absolute atomic E-state index is 13.3. The molecule has 0 bridgehead atoms. The Balaban J connectivity index is 1.81. The van der Waals surface area contributed by atoms with Crippen molar-refractivity contribution in [3.63, 3.8) is 0 Å². The molecule has 10 nitrogen and oxygen atoms in total. The highest BCUT2D eigenvalue weighted by atomic mass is 127. The third-order valence-corrected chi connectivity index (χ3v) is 9.20. The van der Waals surface area contributed by atoms with Gasteiger partial charge in [-0.05, 0) is 122 Å². The van der Waals surface area contributed by atoms with Crippen molar-refractivity contribution in [2.24, 2.45) is 0 Å². The fraction of sp³-hybridized carbons (Fsp3) is 0. The van der Waals surface area contributed by atoms with Gasteiger partial charge in [0.05, 0.1) is 26.3 Å². The molecule has 0 fully saturated rings. The second-order valence-electron chi connectivity index (χ2n) is 7.52. The highest BCUT2D eigenvalue weighted by molar-refractivity contribution is 14.1. The molecular weight excluding hydrogens is 859 g/mol. The summed E-state index contributed by atoms with van der Waals surface area (Å²) in [6, 6.07) is 15.5. The van der Waals surface area contributed by atoms with Crippen LogP contribution in [0.15, 0.2) is 71.6 Å². The monoisotopic (exact) mass is 870 g/mol. The van der Waals surface area contributed by atoms with Crippen LogP contribution in [-0.2, 0) is 10.1 Å². The first-order valence-corrected chi connectivity index (χ1v) is 14.9.